The van der Waals surface area contributed by atoms with Gasteiger partial charge in [0.25, 0.3) is 0 Å². The van der Waals surface area contributed by atoms with Crippen LogP contribution in [0.1, 0.15) is 70.3 Å². The van der Waals surface area contributed by atoms with Crippen molar-refractivity contribution < 1.29 is 23.7 Å². The van der Waals surface area contributed by atoms with Crippen LogP contribution < -0.4 is 0 Å². The summed E-state index contributed by atoms with van der Waals surface area (Å²) in [7, 11) is 0. The molecular weight excluding hydrogens is 368 g/mol. The van der Waals surface area contributed by atoms with E-state index in [2.05, 4.69) is 40.7 Å². The van der Waals surface area contributed by atoms with E-state index in [1.807, 2.05) is 6.26 Å². The van der Waals surface area contributed by atoms with E-state index in [0.717, 1.165) is 25.0 Å². The topological polar surface area (TPSA) is 67.7 Å². The number of furan rings is 1. The molecule has 3 aliphatic carbocycles. The van der Waals surface area contributed by atoms with Crippen molar-refractivity contribution in [3.63, 3.8) is 0 Å². The summed E-state index contributed by atoms with van der Waals surface area (Å²) < 4.78 is 24.3. The molecule has 5 aliphatic rings. The zero-order valence-corrected chi connectivity index (χ0v) is 18.0. The molecule has 3 fully saturated rings. The summed E-state index contributed by atoms with van der Waals surface area (Å²) in [6.07, 6.45) is 6.90. The average molecular weight is 401 g/mol. The normalized spacial score (nSPS) is 46.4. The third kappa shape index (κ3) is 2.10. The van der Waals surface area contributed by atoms with Gasteiger partial charge in [0.15, 0.2) is 0 Å². The SMILES string of the molecule is CC(C)OCc1occ2c1CCC1(C)C3=CC4OC4(C(C)C)C(O)C34OC4CC21. The Morgan fingerprint density at radius 2 is 2.03 bits per heavy atom. The van der Waals surface area contributed by atoms with Crippen LogP contribution in [0, 0.1) is 11.3 Å². The summed E-state index contributed by atoms with van der Waals surface area (Å²) in [5, 5.41) is 11.4. The van der Waals surface area contributed by atoms with Gasteiger partial charge in [-0.1, -0.05) is 26.8 Å². The van der Waals surface area contributed by atoms with Crippen molar-refractivity contribution in [3.05, 3.63) is 34.8 Å². The molecule has 0 bridgehead atoms. The number of aliphatic hydroxyl groups is 1. The molecule has 1 aromatic rings. The van der Waals surface area contributed by atoms with Crippen LogP contribution in [0.5, 0.6) is 0 Å². The molecule has 7 atom stereocenters. The first-order valence-electron chi connectivity index (χ1n) is 11.2. The summed E-state index contributed by atoms with van der Waals surface area (Å²) in [4.78, 5) is 0. The number of aliphatic hydroxyl groups excluding tert-OH is 1. The fourth-order valence-electron chi connectivity index (χ4n) is 6.86. The lowest BCUT2D eigenvalue weighted by molar-refractivity contribution is -0.0114. The van der Waals surface area contributed by atoms with Crippen LogP contribution in [0.4, 0.5) is 0 Å². The predicted octanol–water partition coefficient (Wildman–Crippen LogP) is 3.88. The highest BCUT2D eigenvalue weighted by atomic mass is 16.7. The van der Waals surface area contributed by atoms with Gasteiger partial charge in [0.2, 0.25) is 0 Å². The fraction of sp³-hybridized carbons (Fsp3) is 0.750. The largest absolute Gasteiger partial charge is 0.466 e. The van der Waals surface area contributed by atoms with Crippen LogP contribution in [0.25, 0.3) is 0 Å². The van der Waals surface area contributed by atoms with Crippen LogP contribution in [-0.2, 0) is 27.2 Å². The molecule has 1 N–H and O–H groups in total. The Balaban J connectivity index is 1.38. The molecule has 0 amide bonds. The molecule has 6 rings (SSSR count). The van der Waals surface area contributed by atoms with E-state index in [4.69, 9.17) is 18.6 Å². The van der Waals surface area contributed by atoms with E-state index >= 15 is 0 Å². The van der Waals surface area contributed by atoms with Crippen molar-refractivity contribution in [2.24, 2.45) is 11.3 Å². The molecular formula is C24H32O5. The zero-order chi connectivity index (χ0) is 20.3. The molecule has 7 unspecified atom stereocenters. The highest BCUT2D eigenvalue weighted by molar-refractivity contribution is 5.53. The smallest absolute Gasteiger partial charge is 0.145 e. The number of ether oxygens (including phenoxy) is 3. The minimum Gasteiger partial charge on any atom is -0.466 e. The maximum Gasteiger partial charge on any atom is 0.145 e. The molecule has 2 saturated heterocycles. The van der Waals surface area contributed by atoms with Gasteiger partial charge >= 0.3 is 0 Å². The minimum absolute atomic E-state index is 0.0132. The fourth-order valence-corrected chi connectivity index (χ4v) is 6.86. The summed E-state index contributed by atoms with van der Waals surface area (Å²) >= 11 is 0. The Labute approximate surface area is 172 Å². The molecule has 158 valence electrons. The lowest BCUT2D eigenvalue weighted by atomic mass is 9.51. The van der Waals surface area contributed by atoms with Crippen molar-refractivity contribution in [1.29, 1.82) is 0 Å². The van der Waals surface area contributed by atoms with Crippen LogP contribution in [-0.4, -0.2) is 40.7 Å². The van der Waals surface area contributed by atoms with E-state index in [9.17, 15) is 5.11 Å². The molecule has 2 aliphatic heterocycles. The van der Waals surface area contributed by atoms with Gasteiger partial charge in [0.1, 0.15) is 35.8 Å². The Morgan fingerprint density at radius 1 is 1.24 bits per heavy atom. The number of epoxide rings is 2. The third-order valence-corrected chi connectivity index (χ3v) is 8.62. The van der Waals surface area contributed by atoms with Crippen molar-refractivity contribution in [1.82, 2.24) is 0 Å². The van der Waals surface area contributed by atoms with Crippen molar-refractivity contribution in [2.75, 3.05) is 0 Å². The average Bonchev–Trinajstić information content (AvgIpc) is 3.53. The molecule has 3 heterocycles. The molecule has 5 heteroatoms. The van der Waals surface area contributed by atoms with Gasteiger partial charge in [0, 0.05) is 0 Å². The quantitative estimate of drug-likeness (QED) is 0.614. The summed E-state index contributed by atoms with van der Waals surface area (Å²) in [6.45, 7) is 11.3. The lowest BCUT2D eigenvalue weighted by Gasteiger charge is -2.50. The van der Waals surface area contributed by atoms with Gasteiger partial charge in [-0.25, -0.2) is 0 Å². The van der Waals surface area contributed by atoms with E-state index in [0.29, 0.717) is 12.5 Å². The first-order chi connectivity index (χ1) is 13.7. The summed E-state index contributed by atoms with van der Waals surface area (Å²) in [5.41, 5.74) is 2.90. The first kappa shape index (κ1) is 18.6. The number of hydrogen-bond acceptors (Lipinski definition) is 5. The monoisotopic (exact) mass is 400 g/mol. The van der Waals surface area contributed by atoms with Gasteiger partial charge < -0.3 is 23.7 Å². The highest BCUT2D eigenvalue weighted by Crippen LogP contribution is 2.72. The molecule has 1 aromatic heterocycles. The molecule has 5 nitrogen and oxygen atoms in total. The lowest BCUT2D eigenvalue weighted by Crippen LogP contribution is -2.57. The Kier molecular flexibility index (Phi) is 3.57. The minimum atomic E-state index is -0.580. The standard InChI is InChI=1S/C24H32O5/c1-12(2)23-20(28-23)9-18-22(5)7-6-14-15(10-27-17(14)11-26-13(3)4)16(22)8-19-24(18,29-19)21(23)25/h9-10,12-13,16,19-21,25H,6-8,11H2,1-5H3. The number of hydrogen-bond donors (Lipinski definition) is 1. The Bertz CT molecular complexity index is 899. The van der Waals surface area contributed by atoms with Crippen LogP contribution in [0.15, 0.2) is 22.3 Å². The second-order valence-corrected chi connectivity index (χ2v) is 10.6. The van der Waals surface area contributed by atoms with Gasteiger partial charge in [-0.2, -0.15) is 0 Å². The van der Waals surface area contributed by atoms with E-state index in [1.54, 1.807) is 0 Å². The number of rotatable bonds is 4. The van der Waals surface area contributed by atoms with Gasteiger partial charge in [-0.05, 0) is 67.1 Å². The van der Waals surface area contributed by atoms with Crippen molar-refractivity contribution >= 4 is 0 Å². The number of fused-ring (bicyclic) bond motifs is 5. The van der Waals surface area contributed by atoms with Gasteiger partial charge in [0.05, 0.1) is 18.5 Å². The summed E-state index contributed by atoms with van der Waals surface area (Å²) in [5.74, 6) is 1.60. The maximum atomic E-state index is 11.4. The molecule has 1 saturated carbocycles. The molecule has 0 aromatic carbocycles. The Hall–Kier alpha value is -1.14. The third-order valence-electron chi connectivity index (χ3n) is 8.62. The van der Waals surface area contributed by atoms with Crippen molar-refractivity contribution in [3.8, 4) is 0 Å². The maximum absolute atomic E-state index is 11.4. The van der Waals surface area contributed by atoms with Crippen LogP contribution >= 0.6 is 0 Å². The highest BCUT2D eigenvalue weighted by Gasteiger charge is 2.82. The zero-order valence-electron chi connectivity index (χ0n) is 18.0. The van der Waals surface area contributed by atoms with E-state index in [-0.39, 0.29) is 29.6 Å². The van der Waals surface area contributed by atoms with Crippen LogP contribution in [0.3, 0.4) is 0 Å². The predicted molar refractivity (Wildman–Crippen MR) is 107 cm³/mol. The van der Waals surface area contributed by atoms with Gasteiger partial charge in [-0.15, -0.1) is 0 Å². The van der Waals surface area contributed by atoms with E-state index in [1.165, 1.54) is 16.7 Å². The van der Waals surface area contributed by atoms with Crippen LogP contribution in [0.2, 0.25) is 0 Å². The molecule has 1 spiro atoms. The molecule has 0 radical (unpaired) electrons. The Morgan fingerprint density at radius 3 is 2.76 bits per heavy atom. The second kappa shape index (κ2) is 5.56. The molecule has 29 heavy (non-hydrogen) atoms. The van der Waals surface area contributed by atoms with Crippen molar-refractivity contribution in [2.45, 2.75) is 102 Å². The second-order valence-electron chi connectivity index (χ2n) is 10.6. The van der Waals surface area contributed by atoms with E-state index < -0.39 is 17.3 Å². The first-order valence-corrected chi connectivity index (χ1v) is 11.2. The summed E-state index contributed by atoms with van der Waals surface area (Å²) in [6, 6.07) is 0. The van der Waals surface area contributed by atoms with Gasteiger partial charge in [-0.3, -0.25) is 0 Å².